The van der Waals surface area contributed by atoms with Crippen LogP contribution in [0, 0.1) is 0 Å². The van der Waals surface area contributed by atoms with Crippen molar-refractivity contribution in [2.24, 2.45) is 0 Å². The Morgan fingerprint density at radius 1 is 1.24 bits per heavy atom. The van der Waals surface area contributed by atoms with Gasteiger partial charge < -0.3 is 4.74 Å². The molecule has 1 aliphatic carbocycles. The molecular weight excluding hydrogens is 292 g/mol. The lowest BCUT2D eigenvalue weighted by Gasteiger charge is -2.07. The molecule has 1 heterocycles. The Balaban J connectivity index is 1.59. The van der Waals surface area contributed by atoms with Crippen molar-refractivity contribution in [3.63, 3.8) is 0 Å². The maximum Gasteiger partial charge on any atom is 0.414 e. The molecular formula is C14H13ClN4O2. The minimum absolute atomic E-state index is 0.0743. The zero-order valence-electron chi connectivity index (χ0n) is 11.1. The number of carbonyl (C=O) groups is 1. The van der Waals surface area contributed by atoms with Gasteiger partial charge in [0.1, 0.15) is 12.4 Å². The molecule has 7 heteroatoms. The van der Waals surface area contributed by atoms with Crippen LogP contribution in [0.2, 0.25) is 5.28 Å². The molecule has 1 aromatic heterocycles. The number of hydrogen-bond donors (Lipinski definition) is 1. The van der Waals surface area contributed by atoms with E-state index in [0.29, 0.717) is 11.7 Å². The minimum Gasteiger partial charge on any atom is -0.444 e. The fourth-order valence-corrected chi connectivity index (χ4v) is 1.96. The molecule has 2 aromatic rings. The Hall–Kier alpha value is -2.21. The van der Waals surface area contributed by atoms with E-state index in [0.717, 1.165) is 18.4 Å². The molecule has 0 bridgehead atoms. The van der Waals surface area contributed by atoms with Crippen LogP contribution < -0.4 is 5.32 Å². The van der Waals surface area contributed by atoms with Crippen LogP contribution >= 0.6 is 11.6 Å². The highest BCUT2D eigenvalue weighted by Crippen LogP contribution is 2.38. The molecule has 6 nitrogen and oxygen atoms in total. The number of anilines is 1. The average molecular weight is 305 g/mol. The van der Waals surface area contributed by atoms with Gasteiger partial charge in [0.05, 0.1) is 0 Å². The molecule has 0 spiro atoms. The molecule has 0 saturated heterocycles. The first-order valence-electron chi connectivity index (χ1n) is 6.60. The Morgan fingerprint density at radius 3 is 2.71 bits per heavy atom. The summed E-state index contributed by atoms with van der Waals surface area (Å²) in [5, 5.41) is 2.54. The lowest BCUT2D eigenvalue weighted by Crippen LogP contribution is -2.16. The third kappa shape index (κ3) is 3.88. The summed E-state index contributed by atoms with van der Waals surface area (Å²) in [5.41, 5.74) is 0.903. The molecule has 108 valence electrons. The summed E-state index contributed by atoms with van der Waals surface area (Å²) in [6.07, 6.45) is 1.46. The topological polar surface area (TPSA) is 77.0 Å². The van der Waals surface area contributed by atoms with E-state index >= 15 is 0 Å². The largest absolute Gasteiger partial charge is 0.444 e. The molecule has 21 heavy (non-hydrogen) atoms. The second-order valence-corrected chi connectivity index (χ2v) is 5.09. The first-order chi connectivity index (χ1) is 10.2. The predicted octanol–water partition coefficient (Wildman–Crippen LogP) is 3.15. The third-order valence-corrected chi connectivity index (χ3v) is 3.16. The van der Waals surface area contributed by atoms with E-state index in [9.17, 15) is 4.79 Å². The molecule has 0 atom stereocenters. The number of aromatic nitrogens is 3. The zero-order chi connectivity index (χ0) is 14.7. The number of halogens is 1. The maximum absolute atomic E-state index is 11.7. The van der Waals surface area contributed by atoms with Crippen LogP contribution in [0.1, 0.15) is 30.1 Å². The van der Waals surface area contributed by atoms with Crippen molar-refractivity contribution in [2.75, 3.05) is 5.32 Å². The van der Waals surface area contributed by atoms with Crippen LogP contribution in [0.25, 0.3) is 0 Å². The SMILES string of the molecule is O=C(Nc1nc(Cl)nc(C2CC2)n1)OCc1ccccc1. The summed E-state index contributed by atoms with van der Waals surface area (Å²) >= 11 is 5.82. The van der Waals surface area contributed by atoms with Crippen molar-refractivity contribution in [3.05, 3.63) is 47.0 Å². The first-order valence-corrected chi connectivity index (χ1v) is 6.97. The summed E-state index contributed by atoms with van der Waals surface area (Å²) in [5.74, 6) is 1.06. The van der Waals surface area contributed by atoms with Crippen LogP contribution in [0.15, 0.2) is 30.3 Å². The summed E-state index contributed by atoms with van der Waals surface area (Å²) in [6.45, 7) is 0.182. The van der Waals surface area contributed by atoms with Gasteiger partial charge in [-0.25, -0.2) is 9.78 Å². The minimum atomic E-state index is -0.622. The van der Waals surface area contributed by atoms with Gasteiger partial charge in [-0.1, -0.05) is 30.3 Å². The number of amides is 1. The maximum atomic E-state index is 11.7. The lowest BCUT2D eigenvalue weighted by atomic mass is 10.2. The van der Waals surface area contributed by atoms with E-state index in [-0.39, 0.29) is 17.8 Å². The third-order valence-electron chi connectivity index (χ3n) is 2.99. The Labute approximate surface area is 126 Å². The van der Waals surface area contributed by atoms with Crippen LogP contribution in [-0.2, 0) is 11.3 Å². The van der Waals surface area contributed by atoms with Gasteiger partial charge in [0.2, 0.25) is 11.2 Å². The fourth-order valence-electron chi connectivity index (χ4n) is 1.80. The summed E-state index contributed by atoms with van der Waals surface area (Å²) in [6, 6.07) is 9.40. The van der Waals surface area contributed by atoms with Crippen molar-refractivity contribution in [2.45, 2.75) is 25.4 Å². The van der Waals surface area contributed by atoms with Gasteiger partial charge >= 0.3 is 6.09 Å². The number of nitrogens with zero attached hydrogens (tertiary/aromatic N) is 3. The number of rotatable bonds is 4. The number of hydrogen-bond acceptors (Lipinski definition) is 5. The van der Waals surface area contributed by atoms with Crippen LogP contribution in [-0.4, -0.2) is 21.0 Å². The van der Waals surface area contributed by atoms with Crippen LogP contribution in [0.5, 0.6) is 0 Å². The Kier molecular flexibility index (Phi) is 3.96. The van der Waals surface area contributed by atoms with Crippen LogP contribution in [0.4, 0.5) is 10.7 Å². The number of benzene rings is 1. The second-order valence-electron chi connectivity index (χ2n) is 4.75. The van der Waals surface area contributed by atoms with E-state index in [2.05, 4.69) is 20.3 Å². The fraction of sp³-hybridized carbons (Fsp3) is 0.286. The molecule has 3 rings (SSSR count). The quantitative estimate of drug-likeness (QED) is 0.939. The monoisotopic (exact) mass is 304 g/mol. The Morgan fingerprint density at radius 2 is 2.00 bits per heavy atom. The summed E-state index contributed by atoms with van der Waals surface area (Å²) in [4.78, 5) is 23.8. The smallest absolute Gasteiger partial charge is 0.414 e. The predicted molar refractivity (Wildman–Crippen MR) is 77.1 cm³/mol. The highest BCUT2D eigenvalue weighted by atomic mass is 35.5. The van der Waals surface area contributed by atoms with Gasteiger partial charge in [-0.05, 0) is 30.0 Å². The van der Waals surface area contributed by atoms with Crippen molar-refractivity contribution in [1.29, 1.82) is 0 Å². The van der Waals surface area contributed by atoms with Gasteiger partial charge in [0.25, 0.3) is 0 Å². The molecule has 0 radical (unpaired) electrons. The zero-order valence-corrected chi connectivity index (χ0v) is 11.9. The Bertz CT molecular complexity index is 647. The van der Waals surface area contributed by atoms with Gasteiger partial charge in [0.15, 0.2) is 0 Å². The molecule has 0 aliphatic heterocycles. The van der Waals surface area contributed by atoms with E-state index in [4.69, 9.17) is 16.3 Å². The molecule has 1 saturated carbocycles. The van der Waals surface area contributed by atoms with Gasteiger partial charge in [-0.2, -0.15) is 9.97 Å². The summed E-state index contributed by atoms with van der Waals surface area (Å²) < 4.78 is 5.09. The van der Waals surface area contributed by atoms with Crippen molar-refractivity contribution >= 4 is 23.6 Å². The molecule has 1 aromatic carbocycles. The van der Waals surface area contributed by atoms with Crippen LogP contribution in [0.3, 0.4) is 0 Å². The first kappa shape index (κ1) is 13.8. The van der Waals surface area contributed by atoms with Crippen molar-refractivity contribution in [1.82, 2.24) is 15.0 Å². The van der Waals surface area contributed by atoms with Gasteiger partial charge in [-0.15, -0.1) is 0 Å². The molecule has 1 aliphatic rings. The average Bonchev–Trinajstić information content (AvgIpc) is 3.30. The van der Waals surface area contributed by atoms with E-state index in [1.165, 1.54) is 0 Å². The van der Waals surface area contributed by atoms with Gasteiger partial charge in [0, 0.05) is 5.92 Å². The molecule has 1 fully saturated rings. The number of carbonyl (C=O) groups excluding carboxylic acids is 1. The highest BCUT2D eigenvalue weighted by Gasteiger charge is 2.27. The standard InChI is InChI=1S/C14H13ClN4O2/c15-12-16-11(10-6-7-10)17-13(18-12)19-14(20)21-8-9-4-2-1-3-5-9/h1-5,10H,6-8H2,(H,16,17,18,19,20). The lowest BCUT2D eigenvalue weighted by molar-refractivity contribution is 0.155. The normalized spacial score (nSPS) is 13.8. The van der Waals surface area contributed by atoms with Crippen molar-refractivity contribution in [3.8, 4) is 0 Å². The van der Waals surface area contributed by atoms with E-state index in [1.807, 2.05) is 30.3 Å². The van der Waals surface area contributed by atoms with Crippen molar-refractivity contribution < 1.29 is 9.53 Å². The molecule has 1 amide bonds. The molecule has 1 N–H and O–H groups in total. The molecule has 0 unspecified atom stereocenters. The second kappa shape index (κ2) is 6.05. The van der Waals surface area contributed by atoms with E-state index < -0.39 is 6.09 Å². The van der Waals surface area contributed by atoms with E-state index in [1.54, 1.807) is 0 Å². The highest BCUT2D eigenvalue weighted by molar-refractivity contribution is 6.28. The number of ether oxygens (including phenoxy) is 1. The number of nitrogens with one attached hydrogen (secondary N) is 1. The summed E-state index contributed by atoms with van der Waals surface area (Å²) in [7, 11) is 0. The van der Waals surface area contributed by atoms with Gasteiger partial charge in [-0.3, -0.25) is 5.32 Å².